The highest BCUT2D eigenvalue weighted by atomic mass is 16.7. The lowest BCUT2D eigenvalue weighted by molar-refractivity contribution is -0.201. The van der Waals surface area contributed by atoms with Crippen molar-refractivity contribution in [3.63, 3.8) is 0 Å². The maximum absolute atomic E-state index is 14.4. The van der Waals surface area contributed by atoms with Gasteiger partial charge in [0.2, 0.25) is 35.4 Å². The second kappa shape index (κ2) is 25.2. The summed E-state index contributed by atoms with van der Waals surface area (Å²) in [6, 6.07) is -0.927. The summed E-state index contributed by atoms with van der Waals surface area (Å²) in [6.07, 6.45) is 15.5. The molecule has 3 saturated carbocycles. The van der Waals surface area contributed by atoms with Crippen LogP contribution in [0.3, 0.4) is 0 Å². The number of rotatable bonds is 24. The molecule has 6 aliphatic rings. The Morgan fingerprint density at radius 1 is 0.873 bits per heavy atom. The van der Waals surface area contributed by atoms with Crippen LogP contribution >= 0.6 is 0 Å². The van der Waals surface area contributed by atoms with Crippen LogP contribution in [0.15, 0.2) is 35.5 Å². The number of aliphatic hydroxyl groups is 1. The van der Waals surface area contributed by atoms with Gasteiger partial charge in [0.15, 0.2) is 23.5 Å². The summed E-state index contributed by atoms with van der Waals surface area (Å²) >= 11 is 0. The minimum atomic E-state index is -1.38. The Balaban J connectivity index is 0.881. The first-order chi connectivity index (χ1) is 33.9. The minimum absolute atomic E-state index is 0.00433. The first-order valence-corrected chi connectivity index (χ1v) is 25.6. The van der Waals surface area contributed by atoms with E-state index >= 15 is 0 Å². The van der Waals surface area contributed by atoms with Gasteiger partial charge < -0.3 is 61.7 Å². The van der Waals surface area contributed by atoms with Crippen molar-refractivity contribution in [2.24, 2.45) is 34.3 Å². The Hall–Kier alpha value is -4.86. The molecule has 20 heteroatoms. The third-order valence-corrected chi connectivity index (χ3v) is 15.7. The average molecular weight is 996 g/mol. The lowest BCUT2D eigenvalue weighted by Gasteiger charge is -2.59. The molecule has 0 radical (unpaired) electrons. The van der Waals surface area contributed by atoms with Crippen molar-refractivity contribution >= 4 is 47.0 Å². The number of ketones is 2. The highest BCUT2D eigenvalue weighted by Crippen LogP contribution is 2.69. The van der Waals surface area contributed by atoms with Crippen LogP contribution in [0.2, 0.25) is 0 Å². The minimum Gasteiger partial charge on any atom is -0.393 e. The number of carbonyl (C=O) groups is 8. The molecule has 394 valence electrons. The fourth-order valence-electron chi connectivity index (χ4n) is 12.2. The molecule has 0 spiro atoms. The molecule has 71 heavy (non-hydrogen) atoms. The van der Waals surface area contributed by atoms with Gasteiger partial charge in [0.1, 0.15) is 26.0 Å². The molecule has 6 amide bonds. The first-order valence-electron chi connectivity index (χ1n) is 25.6. The zero-order chi connectivity index (χ0) is 51.3. The summed E-state index contributed by atoms with van der Waals surface area (Å²) in [5.41, 5.74) is 5.24. The fraction of sp³-hybridized carbons (Fsp3) is 0.725. The van der Waals surface area contributed by atoms with E-state index in [9.17, 15) is 43.5 Å². The average Bonchev–Trinajstić information content (AvgIpc) is 3.81. The predicted octanol–water partition coefficient (Wildman–Crippen LogP) is 1.19. The number of fused-ring (bicyclic) bond motifs is 7. The molecule has 20 nitrogen and oxygen atoms in total. The summed E-state index contributed by atoms with van der Waals surface area (Å²) in [5.74, 6) is -4.19. The van der Waals surface area contributed by atoms with Crippen molar-refractivity contribution in [3.05, 3.63) is 35.5 Å². The molecular formula is C51H77N7O13. The number of ether oxygens (including phenoxy) is 4. The Labute approximate surface area is 416 Å². The molecule has 0 aromatic heterocycles. The van der Waals surface area contributed by atoms with E-state index in [2.05, 4.69) is 38.8 Å². The van der Waals surface area contributed by atoms with E-state index < -0.39 is 109 Å². The smallest absolute Gasteiger partial charge is 0.246 e. The summed E-state index contributed by atoms with van der Waals surface area (Å²) in [4.78, 5) is 102. The van der Waals surface area contributed by atoms with Gasteiger partial charge in [-0.1, -0.05) is 63.3 Å². The molecule has 2 unspecified atom stereocenters. The third-order valence-electron chi connectivity index (χ3n) is 15.7. The summed E-state index contributed by atoms with van der Waals surface area (Å²) in [5, 5.41) is 26.7. The van der Waals surface area contributed by atoms with E-state index in [1.54, 1.807) is 12.2 Å². The molecule has 0 bridgehead atoms. The second-order valence-electron chi connectivity index (χ2n) is 20.6. The van der Waals surface area contributed by atoms with Crippen molar-refractivity contribution in [2.75, 3.05) is 52.7 Å². The number of hydrogen-bond donors (Lipinski definition) is 8. The van der Waals surface area contributed by atoms with Gasteiger partial charge in [-0.2, -0.15) is 0 Å². The predicted molar refractivity (Wildman–Crippen MR) is 258 cm³/mol. The molecular weight excluding hydrogens is 919 g/mol. The normalized spacial score (nSPS) is 31.9. The standard InChI is InChI=1S/C51H77N7O13/c1-5-11-46-70-40-22-36-35-16-15-32-21-33(59)17-18-49(32,3)47(35)38(60)23-50(36,4)51(40,71-46)39(61)28-68-30-57-44(65)26-55-42(63)24-53-41(62)25-54-43(64)27-56-48(67)37(14-9-10-19-52)58-45(66)29-69-34-13-8-6-7-12-31(2)20-34/h17-18,20-21,34-38,40,46-47,60H,5-16,19,22-30,52H2,1-4H3,(H,53,62)(H,54,64)(H,55,63)(H,56,67)(H,57,65)(H,58,66)/b31-20-/t34?,35-,36-,37-,38-,40+,46?,47+,49-,50-,51+/m0/s1. The summed E-state index contributed by atoms with van der Waals surface area (Å²) in [7, 11) is 0. The molecule has 9 N–H and O–H groups in total. The van der Waals surface area contributed by atoms with Gasteiger partial charge in [-0.25, -0.2) is 0 Å². The first kappa shape index (κ1) is 55.5. The van der Waals surface area contributed by atoms with Crippen LogP contribution in [-0.4, -0.2) is 141 Å². The Morgan fingerprint density at radius 3 is 2.25 bits per heavy atom. The van der Waals surface area contributed by atoms with Gasteiger partial charge in [0.25, 0.3) is 0 Å². The van der Waals surface area contributed by atoms with Gasteiger partial charge in [-0.15, -0.1) is 0 Å². The number of unbranched alkanes of at least 4 members (excludes halogenated alkanes) is 1. The van der Waals surface area contributed by atoms with Crippen molar-refractivity contribution in [3.8, 4) is 0 Å². The zero-order valence-corrected chi connectivity index (χ0v) is 41.9. The fourth-order valence-corrected chi connectivity index (χ4v) is 12.2. The molecule has 4 fully saturated rings. The molecule has 1 aliphatic heterocycles. The number of nitrogens with one attached hydrogen (secondary N) is 6. The summed E-state index contributed by atoms with van der Waals surface area (Å²) < 4.78 is 24.7. The number of Topliss-reactive ketones (excluding diaryl/α,β-unsaturated/α-hetero) is 1. The highest BCUT2D eigenvalue weighted by Gasteiger charge is 2.75. The van der Waals surface area contributed by atoms with Gasteiger partial charge in [0, 0.05) is 16.7 Å². The number of hydrogen-bond acceptors (Lipinski definition) is 14. The number of amides is 6. The lowest BCUT2D eigenvalue weighted by Crippen LogP contribution is -2.63. The maximum atomic E-state index is 14.4. The quantitative estimate of drug-likeness (QED) is 0.0383. The number of carbonyl (C=O) groups excluding carboxylic acids is 8. The van der Waals surface area contributed by atoms with Crippen LogP contribution in [-0.2, 0) is 57.3 Å². The van der Waals surface area contributed by atoms with Crippen LogP contribution in [0.1, 0.15) is 118 Å². The van der Waals surface area contributed by atoms with Gasteiger partial charge in [-0.05, 0) is 108 Å². The Kier molecular flexibility index (Phi) is 19.7. The van der Waals surface area contributed by atoms with Crippen LogP contribution in [0, 0.1) is 28.6 Å². The number of allylic oxidation sites excluding steroid dienone is 5. The molecule has 1 saturated heterocycles. The van der Waals surface area contributed by atoms with E-state index in [-0.39, 0.29) is 48.8 Å². The van der Waals surface area contributed by atoms with E-state index in [4.69, 9.17) is 24.7 Å². The van der Waals surface area contributed by atoms with Crippen molar-refractivity contribution < 1.29 is 62.4 Å². The highest BCUT2D eigenvalue weighted by molar-refractivity contribution is 6.01. The van der Waals surface area contributed by atoms with Gasteiger partial charge in [-0.3, -0.25) is 38.4 Å². The van der Waals surface area contributed by atoms with Crippen molar-refractivity contribution in [1.82, 2.24) is 31.9 Å². The van der Waals surface area contributed by atoms with Gasteiger partial charge in [0.05, 0.1) is 44.5 Å². The maximum Gasteiger partial charge on any atom is 0.246 e. The van der Waals surface area contributed by atoms with Crippen LogP contribution in [0.4, 0.5) is 0 Å². The third kappa shape index (κ3) is 13.4. The lowest BCUT2D eigenvalue weighted by atomic mass is 9.46. The topological polar surface area (TPSA) is 292 Å². The van der Waals surface area contributed by atoms with E-state index in [0.717, 1.165) is 56.9 Å². The second-order valence-corrected chi connectivity index (χ2v) is 20.6. The molecule has 0 aromatic carbocycles. The van der Waals surface area contributed by atoms with Crippen LogP contribution < -0.4 is 37.6 Å². The van der Waals surface area contributed by atoms with E-state index in [1.807, 2.05) is 32.9 Å². The number of nitrogens with two attached hydrogens (primary N) is 1. The van der Waals surface area contributed by atoms with Crippen LogP contribution in [0.5, 0.6) is 0 Å². The molecule has 11 atom stereocenters. The van der Waals surface area contributed by atoms with E-state index in [1.165, 1.54) is 5.57 Å². The molecule has 5 aliphatic carbocycles. The molecule has 0 aromatic rings. The van der Waals surface area contributed by atoms with Crippen molar-refractivity contribution in [2.45, 2.75) is 154 Å². The Bertz CT molecular complexity index is 2080. The zero-order valence-electron chi connectivity index (χ0n) is 41.9. The Morgan fingerprint density at radius 2 is 1.56 bits per heavy atom. The van der Waals surface area contributed by atoms with Crippen LogP contribution in [0.25, 0.3) is 0 Å². The monoisotopic (exact) mass is 996 g/mol. The van der Waals surface area contributed by atoms with Gasteiger partial charge >= 0.3 is 0 Å². The SMILES string of the molecule is CCCC1O[C@@H]2C[C@H]3[C@@H]4CCC5=CC(=O)C=C[C@]5(C)[C@H]4[C@@H](O)C[C@]3(C)[C@]2(C(=O)COCNC(=O)CNC(=O)CNC(=O)CNC(=O)CNC(=O)[C@H](CCCCN)NC(=O)COC2/C=C(/C)CCCCC2)O1. The summed E-state index contributed by atoms with van der Waals surface area (Å²) in [6.45, 7) is 5.69. The van der Waals surface area contributed by atoms with Crippen molar-refractivity contribution in [1.29, 1.82) is 0 Å². The number of aliphatic hydroxyl groups excluding tert-OH is 1. The van der Waals surface area contributed by atoms with E-state index in [0.29, 0.717) is 45.1 Å². The molecule has 6 rings (SSSR count). The largest absolute Gasteiger partial charge is 0.393 e. The molecule has 1 heterocycles.